The molecule has 0 saturated heterocycles. The first kappa shape index (κ1) is 28.5. The lowest BCUT2D eigenvalue weighted by molar-refractivity contribution is -0.118. The molecule has 38 heavy (non-hydrogen) atoms. The molecule has 1 heterocycles. The van der Waals surface area contributed by atoms with Crippen LogP contribution in [0.1, 0.15) is 68.1 Å². The number of hydrogen-bond donors (Lipinski definition) is 0. The number of aryl methyl sites for hydroxylation is 1. The van der Waals surface area contributed by atoms with E-state index >= 15 is 0 Å². The molecule has 4 rings (SSSR count). The van der Waals surface area contributed by atoms with Crippen molar-refractivity contribution in [3.8, 4) is 17.2 Å². The summed E-state index contributed by atoms with van der Waals surface area (Å²) in [5.41, 5.74) is 2.04. The fourth-order valence-corrected chi connectivity index (χ4v) is 4.02. The molecule has 0 N–H and O–H groups in total. The van der Waals surface area contributed by atoms with Crippen molar-refractivity contribution in [2.45, 2.75) is 57.3 Å². The lowest BCUT2D eigenvalue weighted by atomic mass is 10.0. The Balaban J connectivity index is 0.00000195. The van der Waals surface area contributed by atoms with Crippen LogP contribution in [0.2, 0.25) is 0 Å². The van der Waals surface area contributed by atoms with Gasteiger partial charge in [0.15, 0.2) is 5.82 Å². The van der Waals surface area contributed by atoms with E-state index in [4.69, 9.17) is 9.78 Å². The SMILES string of the molecule is C=C.C=C(F)CCC(=O)N(CCCCCc1nc(C2CC2)no1)c1cccc(-c2ccc(F)c(C#N)c2)c1. The lowest BCUT2D eigenvalue weighted by Crippen LogP contribution is -2.31. The summed E-state index contributed by atoms with van der Waals surface area (Å²) in [7, 11) is 0. The second-order valence-corrected chi connectivity index (χ2v) is 9.05. The molecule has 1 aliphatic carbocycles. The maximum atomic E-state index is 13.8. The number of hydrogen-bond acceptors (Lipinski definition) is 5. The van der Waals surface area contributed by atoms with Crippen molar-refractivity contribution in [1.29, 1.82) is 5.26 Å². The molecule has 8 heteroatoms. The Bertz CT molecular complexity index is 1290. The van der Waals surface area contributed by atoms with Crippen molar-refractivity contribution < 1.29 is 18.1 Å². The number of aromatic nitrogens is 2. The smallest absolute Gasteiger partial charge is 0.227 e. The van der Waals surface area contributed by atoms with Crippen LogP contribution in [-0.4, -0.2) is 22.6 Å². The van der Waals surface area contributed by atoms with Crippen molar-refractivity contribution >= 4 is 11.6 Å². The van der Waals surface area contributed by atoms with Crippen molar-refractivity contribution in [2.24, 2.45) is 0 Å². The third-order valence-electron chi connectivity index (χ3n) is 6.19. The molecule has 1 fully saturated rings. The number of nitrogens with zero attached hydrogens (tertiary/aromatic N) is 4. The second-order valence-electron chi connectivity index (χ2n) is 9.05. The van der Waals surface area contributed by atoms with Crippen LogP contribution >= 0.6 is 0 Å². The van der Waals surface area contributed by atoms with E-state index in [1.165, 1.54) is 12.1 Å². The van der Waals surface area contributed by atoms with Crippen molar-refractivity contribution in [1.82, 2.24) is 10.1 Å². The number of nitriles is 1. The normalized spacial score (nSPS) is 12.2. The van der Waals surface area contributed by atoms with E-state index in [0.717, 1.165) is 43.5 Å². The van der Waals surface area contributed by atoms with E-state index in [9.17, 15) is 13.6 Å². The summed E-state index contributed by atoms with van der Waals surface area (Å²) in [6, 6.07) is 13.5. The number of anilines is 1. The van der Waals surface area contributed by atoms with Gasteiger partial charge in [0.1, 0.15) is 11.9 Å². The number of benzene rings is 2. The van der Waals surface area contributed by atoms with Crippen LogP contribution in [0.25, 0.3) is 11.1 Å². The second kappa shape index (κ2) is 14.0. The van der Waals surface area contributed by atoms with Crippen LogP contribution in [0.3, 0.4) is 0 Å². The Kier molecular flexibility index (Phi) is 10.5. The van der Waals surface area contributed by atoms with Gasteiger partial charge >= 0.3 is 0 Å². The molecule has 0 aliphatic heterocycles. The molecule has 0 unspecified atom stereocenters. The Morgan fingerprint density at radius 3 is 2.58 bits per heavy atom. The highest BCUT2D eigenvalue weighted by atomic mass is 19.1. The zero-order chi connectivity index (χ0) is 27.5. The quantitative estimate of drug-likeness (QED) is 0.184. The average molecular weight is 519 g/mol. The highest BCUT2D eigenvalue weighted by Gasteiger charge is 2.28. The van der Waals surface area contributed by atoms with Crippen LogP contribution in [0.4, 0.5) is 14.5 Å². The molecule has 3 aromatic rings. The molecule has 198 valence electrons. The van der Waals surface area contributed by atoms with Crippen LogP contribution in [0.15, 0.2) is 72.6 Å². The number of rotatable bonds is 12. The van der Waals surface area contributed by atoms with E-state index in [1.807, 2.05) is 30.3 Å². The van der Waals surface area contributed by atoms with Gasteiger partial charge in [0.25, 0.3) is 0 Å². The minimum Gasteiger partial charge on any atom is -0.339 e. The van der Waals surface area contributed by atoms with Gasteiger partial charge in [-0.2, -0.15) is 10.2 Å². The lowest BCUT2D eigenvalue weighted by Gasteiger charge is -2.24. The average Bonchev–Trinajstić information content (AvgIpc) is 3.68. The van der Waals surface area contributed by atoms with Crippen LogP contribution < -0.4 is 4.90 Å². The van der Waals surface area contributed by atoms with Gasteiger partial charge in [-0.25, -0.2) is 8.78 Å². The number of unbranched alkanes of at least 4 members (excludes halogenated alkanes) is 2. The summed E-state index contributed by atoms with van der Waals surface area (Å²) in [5.74, 6) is 0.602. The van der Waals surface area contributed by atoms with Gasteiger partial charge in [-0.15, -0.1) is 13.2 Å². The minimum absolute atomic E-state index is 0.0145. The molecule has 0 radical (unpaired) electrons. The van der Waals surface area contributed by atoms with E-state index < -0.39 is 11.6 Å². The van der Waals surface area contributed by atoms with Crippen LogP contribution in [0, 0.1) is 17.1 Å². The summed E-state index contributed by atoms with van der Waals surface area (Å²) in [6.45, 7) is 9.72. The monoisotopic (exact) mass is 518 g/mol. The number of allylic oxidation sites excluding steroid dienone is 1. The molecular formula is C30H32F2N4O2. The standard InChI is InChI=1S/C28H28F2N4O2.C2H4/c1-19(29)9-14-27(35)34(15-4-2-3-8-26-32-28(33-36-26)20-10-11-20)24-7-5-6-21(17-24)22-12-13-25(30)23(16-22)18-31;1-2/h5-7,12-13,16-17,20H,1-4,8-11,14-15H2;1-2H2. The van der Waals surface area contributed by atoms with Gasteiger partial charge in [0.05, 0.1) is 11.4 Å². The van der Waals surface area contributed by atoms with Crippen LogP contribution in [-0.2, 0) is 11.2 Å². The Morgan fingerprint density at radius 2 is 1.87 bits per heavy atom. The summed E-state index contributed by atoms with van der Waals surface area (Å²) >= 11 is 0. The summed E-state index contributed by atoms with van der Waals surface area (Å²) in [6.07, 6.45) is 5.37. The predicted octanol–water partition coefficient (Wildman–Crippen LogP) is 7.44. The summed E-state index contributed by atoms with van der Waals surface area (Å²) < 4.78 is 32.3. The molecule has 1 aromatic heterocycles. The Labute approximate surface area is 222 Å². The Morgan fingerprint density at radius 1 is 1.11 bits per heavy atom. The molecule has 6 nitrogen and oxygen atoms in total. The number of halogens is 2. The molecule has 2 aromatic carbocycles. The first-order chi connectivity index (χ1) is 18.4. The molecule has 0 bridgehead atoms. The first-order valence-corrected chi connectivity index (χ1v) is 12.7. The van der Waals surface area contributed by atoms with Gasteiger partial charge in [0, 0.05) is 37.4 Å². The first-order valence-electron chi connectivity index (χ1n) is 12.7. The fourth-order valence-electron chi connectivity index (χ4n) is 4.02. The maximum absolute atomic E-state index is 13.8. The summed E-state index contributed by atoms with van der Waals surface area (Å²) in [4.78, 5) is 19.1. The highest BCUT2D eigenvalue weighted by Crippen LogP contribution is 2.38. The summed E-state index contributed by atoms with van der Waals surface area (Å²) in [5, 5.41) is 13.2. The van der Waals surface area contributed by atoms with Gasteiger partial charge in [-0.1, -0.05) is 36.4 Å². The largest absolute Gasteiger partial charge is 0.339 e. The molecule has 1 amide bonds. The van der Waals surface area contributed by atoms with E-state index in [1.54, 1.807) is 11.0 Å². The van der Waals surface area contributed by atoms with Gasteiger partial charge in [0.2, 0.25) is 11.8 Å². The molecule has 1 aliphatic rings. The Hall–Kier alpha value is -4.12. The van der Waals surface area contributed by atoms with Gasteiger partial charge in [-0.3, -0.25) is 4.79 Å². The number of carbonyl (C=O) groups excluding carboxylic acids is 1. The molecular weight excluding hydrogens is 486 g/mol. The minimum atomic E-state index is -0.579. The van der Waals surface area contributed by atoms with Crippen molar-refractivity contribution in [3.63, 3.8) is 0 Å². The van der Waals surface area contributed by atoms with E-state index in [2.05, 4.69) is 29.9 Å². The van der Waals surface area contributed by atoms with E-state index in [-0.39, 0.29) is 24.3 Å². The fraction of sp³-hybridized carbons (Fsp3) is 0.333. The van der Waals surface area contributed by atoms with Crippen molar-refractivity contribution in [3.05, 3.63) is 91.1 Å². The third-order valence-corrected chi connectivity index (χ3v) is 6.19. The third kappa shape index (κ3) is 7.94. The zero-order valence-electron chi connectivity index (χ0n) is 21.5. The topological polar surface area (TPSA) is 83.0 Å². The van der Waals surface area contributed by atoms with Gasteiger partial charge in [-0.05, 0) is 61.1 Å². The highest BCUT2D eigenvalue weighted by molar-refractivity contribution is 5.94. The van der Waals surface area contributed by atoms with Crippen LogP contribution in [0.5, 0.6) is 0 Å². The number of carbonyl (C=O) groups is 1. The predicted molar refractivity (Wildman–Crippen MR) is 143 cm³/mol. The number of amides is 1. The molecule has 0 spiro atoms. The zero-order valence-corrected chi connectivity index (χ0v) is 21.5. The molecule has 1 saturated carbocycles. The van der Waals surface area contributed by atoms with Gasteiger partial charge < -0.3 is 9.42 Å². The van der Waals surface area contributed by atoms with Crippen molar-refractivity contribution in [2.75, 3.05) is 11.4 Å². The molecule has 0 atom stereocenters. The van der Waals surface area contributed by atoms with E-state index in [0.29, 0.717) is 36.0 Å². The maximum Gasteiger partial charge on any atom is 0.227 e.